The van der Waals surface area contributed by atoms with Gasteiger partial charge in [-0.2, -0.15) is 5.10 Å². The number of halogens is 2. The molecule has 0 aromatic carbocycles. The Morgan fingerprint density at radius 1 is 1.50 bits per heavy atom. The van der Waals surface area contributed by atoms with Crippen LogP contribution in [-0.4, -0.2) is 12.1 Å². The largest absolute Gasteiger partial charge is 0.469 e. The number of hydrazone groups is 1. The monoisotopic (exact) mass is 374 g/mol. The number of amides is 1. The number of rotatable bonds is 3. The smallest absolute Gasteiger partial charge is 0.274 e. The van der Waals surface area contributed by atoms with Crippen LogP contribution in [0.25, 0.3) is 0 Å². The molecule has 18 heavy (non-hydrogen) atoms. The summed E-state index contributed by atoms with van der Waals surface area (Å²) in [6.45, 7) is 1.71. The molecule has 0 aliphatic rings. The highest BCUT2D eigenvalue weighted by atomic mass is 79.9. The van der Waals surface area contributed by atoms with E-state index in [9.17, 15) is 4.79 Å². The number of carbonyl (C=O) groups excluding carboxylic acids is 1. The Labute approximate surface area is 119 Å². The normalized spacial score (nSPS) is 11.1. The molecule has 0 radical (unpaired) electrons. The summed E-state index contributed by atoms with van der Waals surface area (Å²) in [7, 11) is 0. The summed E-state index contributed by atoms with van der Waals surface area (Å²) in [5.74, 6) is 0.728. The van der Waals surface area contributed by atoms with Crippen LogP contribution in [-0.2, 0) is 0 Å². The second-order valence-electron chi connectivity index (χ2n) is 3.36. The molecule has 0 saturated heterocycles. The van der Waals surface area contributed by atoms with Crippen molar-refractivity contribution in [3.63, 3.8) is 0 Å². The zero-order valence-corrected chi connectivity index (χ0v) is 12.4. The Kier molecular flexibility index (Phi) is 4.03. The van der Waals surface area contributed by atoms with Crippen LogP contribution in [0.1, 0.15) is 21.9 Å². The molecule has 0 aliphatic carbocycles. The van der Waals surface area contributed by atoms with Crippen molar-refractivity contribution >= 4 is 44.0 Å². The first-order valence-electron chi connectivity index (χ1n) is 4.90. The van der Waals surface area contributed by atoms with E-state index in [0.717, 1.165) is 4.47 Å². The van der Waals surface area contributed by atoms with Gasteiger partial charge >= 0.3 is 0 Å². The molecule has 2 heterocycles. The Hall–Kier alpha value is -1.34. The number of furan rings is 2. The molecule has 0 bridgehead atoms. The third-order valence-electron chi connectivity index (χ3n) is 2.13. The minimum atomic E-state index is -0.331. The van der Waals surface area contributed by atoms with E-state index in [-0.39, 0.29) is 5.91 Å². The zero-order chi connectivity index (χ0) is 13.1. The number of hydrogen-bond donors (Lipinski definition) is 1. The summed E-state index contributed by atoms with van der Waals surface area (Å²) >= 11 is 6.48. The van der Waals surface area contributed by atoms with Crippen molar-refractivity contribution in [1.82, 2.24) is 5.43 Å². The molecular formula is C11H8Br2N2O3. The van der Waals surface area contributed by atoms with Gasteiger partial charge in [0.2, 0.25) is 0 Å². The van der Waals surface area contributed by atoms with E-state index in [1.165, 1.54) is 12.5 Å². The number of hydrogen-bond acceptors (Lipinski definition) is 4. The van der Waals surface area contributed by atoms with E-state index in [1.807, 2.05) is 0 Å². The average Bonchev–Trinajstić information content (AvgIpc) is 2.86. The summed E-state index contributed by atoms with van der Waals surface area (Å²) in [5.41, 5.74) is 2.84. The second-order valence-corrected chi connectivity index (χ2v) is 4.93. The minimum absolute atomic E-state index is 0.331. The van der Waals surface area contributed by atoms with E-state index in [4.69, 9.17) is 8.83 Å². The Balaban J connectivity index is 2.00. The van der Waals surface area contributed by atoms with Crippen LogP contribution in [0.15, 0.2) is 41.5 Å². The molecule has 0 aliphatic heterocycles. The summed E-state index contributed by atoms with van der Waals surface area (Å²) < 4.78 is 11.6. The van der Waals surface area contributed by atoms with Crippen LogP contribution in [0, 0.1) is 6.92 Å². The van der Waals surface area contributed by atoms with Gasteiger partial charge in [-0.15, -0.1) is 0 Å². The van der Waals surface area contributed by atoms with Gasteiger partial charge in [-0.25, -0.2) is 5.43 Å². The fourth-order valence-electron chi connectivity index (χ4n) is 1.26. The molecule has 2 aromatic heterocycles. The van der Waals surface area contributed by atoms with E-state index in [2.05, 4.69) is 42.4 Å². The zero-order valence-electron chi connectivity index (χ0n) is 9.24. The van der Waals surface area contributed by atoms with Gasteiger partial charge in [0.25, 0.3) is 5.91 Å². The van der Waals surface area contributed by atoms with Crippen LogP contribution < -0.4 is 5.43 Å². The predicted octanol–water partition coefficient (Wildman–Crippen LogP) is 3.47. The molecule has 5 nitrogen and oxygen atoms in total. The maximum absolute atomic E-state index is 11.7. The van der Waals surface area contributed by atoms with Crippen LogP contribution in [0.4, 0.5) is 0 Å². The standard InChI is InChI=1S/C11H8Br2N2O3/c1-6-8(2-3-17-6)11(16)15-14-5-7-4-9(12)10(13)18-7/h2-5H,1H3,(H,15,16)/b14-5-. The molecule has 2 aromatic rings. The van der Waals surface area contributed by atoms with Crippen LogP contribution in [0.2, 0.25) is 0 Å². The lowest BCUT2D eigenvalue weighted by Gasteiger charge is -1.96. The lowest BCUT2D eigenvalue weighted by Crippen LogP contribution is -2.17. The number of nitrogens with zero attached hydrogens (tertiary/aromatic N) is 1. The Morgan fingerprint density at radius 3 is 2.83 bits per heavy atom. The molecule has 1 N–H and O–H groups in total. The van der Waals surface area contributed by atoms with Crippen molar-refractivity contribution in [2.45, 2.75) is 6.92 Å². The highest BCUT2D eigenvalue weighted by Crippen LogP contribution is 2.25. The van der Waals surface area contributed by atoms with Crippen LogP contribution in [0.5, 0.6) is 0 Å². The lowest BCUT2D eigenvalue weighted by atomic mass is 10.2. The van der Waals surface area contributed by atoms with E-state index < -0.39 is 0 Å². The van der Waals surface area contributed by atoms with Gasteiger partial charge in [0, 0.05) is 6.07 Å². The van der Waals surface area contributed by atoms with E-state index in [1.54, 1.807) is 19.1 Å². The van der Waals surface area contributed by atoms with Crippen molar-refractivity contribution < 1.29 is 13.6 Å². The predicted molar refractivity (Wildman–Crippen MR) is 72.6 cm³/mol. The molecule has 94 valence electrons. The molecule has 0 saturated carbocycles. The summed E-state index contributed by atoms with van der Waals surface area (Å²) in [6.07, 6.45) is 2.86. The van der Waals surface area contributed by atoms with Gasteiger partial charge in [-0.1, -0.05) is 0 Å². The van der Waals surface area contributed by atoms with Crippen molar-refractivity contribution in [3.05, 3.63) is 44.6 Å². The lowest BCUT2D eigenvalue weighted by molar-refractivity contribution is 0.0953. The SMILES string of the molecule is Cc1occc1C(=O)N/N=C\c1cc(Br)c(Br)o1. The average molecular weight is 376 g/mol. The maximum atomic E-state index is 11.7. The van der Waals surface area contributed by atoms with Crippen molar-refractivity contribution in [3.8, 4) is 0 Å². The minimum Gasteiger partial charge on any atom is -0.469 e. The molecular weight excluding hydrogens is 368 g/mol. The van der Waals surface area contributed by atoms with Gasteiger partial charge < -0.3 is 8.83 Å². The number of aryl methyl sites for hydroxylation is 1. The summed E-state index contributed by atoms with van der Waals surface area (Å²) in [4.78, 5) is 11.7. The highest BCUT2D eigenvalue weighted by molar-refractivity contribution is 9.13. The molecule has 1 amide bonds. The highest BCUT2D eigenvalue weighted by Gasteiger charge is 2.10. The van der Waals surface area contributed by atoms with Crippen LogP contribution >= 0.6 is 31.9 Å². The maximum Gasteiger partial charge on any atom is 0.274 e. The van der Waals surface area contributed by atoms with Crippen molar-refractivity contribution in [2.75, 3.05) is 0 Å². The first-order valence-corrected chi connectivity index (χ1v) is 6.49. The third kappa shape index (κ3) is 2.91. The number of carbonyl (C=O) groups is 1. The molecule has 0 fully saturated rings. The molecule has 0 atom stereocenters. The second kappa shape index (κ2) is 5.53. The van der Waals surface area contributed by atoms with Gasteiger partial charge in [0.15, 0.2) is 4.67 Å². The molecule has 0 spiro atoms. The third-order valence-corrected chi connectivity index (χ3v) is 3.84. The van der Waals surface area contributed by atoms with E-state index in [0.29, 0.717) is 21.8 Å². The molecule has 7 heteroatoms. The van der Waals surface area contributed by atoms with Gasteiger partial charge in [0.1, 0.15) is 11.5 Å². The van der Waals surface area contributed by atoms with Crippen LogP contribution in [0.3, 0.4) is 0 Å². The first kappa shape index (κ1) is 13.1. The van der Waals surface area contributed by atoms with Gasteiger partial charge in [-0.05, 0) is 44.8 Å². The van der Waals surface area contributed by atoms with Gasteiger partial charge in [0.05, 0.1) is 22.5 Å². The quantitative estimate of drug-likeness (QED) is 0.659. The summed E-state index contributed by atoms with van der Waals surface area (Å²) in [5, 5.41) is 3.79. The number of nitrogens with one attached hydrogen (secondary N) is 1. The van der Waals surface area contributed by atoms with Crippen molar-refractivity contribution in [2.24, 2.45) is 5.10 Å². The van der Waals surface area contributed by atoms with Crippen molar-refractivity contribution in [1.29, 1.82) is 0 Å². The topological polar surface area (TPSA) is 67.7 Å². The van der Waals surface area contributed by atoms with Gasteiger partial charge in [-0.3, -0.25) is 4.79 Å². The molecule has 0 unspecified atom stereocenters. The Morgan fingerprint density at radius 2 is 2.28 bits per heavy atom. The molecule has 2 rings (SSSR count). The summed E-state index contributed by atoms with van der Waals surface area (Å²) in [6, 6.07) is 3.31. The first-order chi connectivity index (χ1) is 8.58. The Bertz CT molecular complexity index is 582. The fraction of sp³-hybridized carbons (Fsp3) is 0.0909. The fourth-order valence-corrected chi connectivity index (χ4v) is 1.87. The van der Waals surface area contributed by atoms with E-state index >= 15 is 0 Å².